The van der Waals surface area contributed by atoms with Crippen LogP contribution in [0, 0.1) is 5.82 Å². The number of amides is 1. The van der Waals surface area contributed by atoms with Crippen LogP contribution in [0.5, 0.6) is 5.75 Å². The van der Waals surface area contributed by atoms with Crippen molar-refractivity contribution in [1.82, 2.24) is 19.4 Å². The predicted molar refractivity (Wildman–Crippen MR) is 182 cm³/mol. The van der Waals surface area contributed by atoms with Crippen LogP contribution in [0.25, 0.3) is 0 Å². The molecule has 1 amide bonds. The highest BCUT2D eigenvalue weighted by Crippen LogP contribution is 2.39. The van der Waals surface area contributed by atoms with Crippen LogP contribution < -0.4 is 10.2 Å². The minimum absolute atomic E-state index is 0.160. The van der Waals surface area contributed by atoms with Gasteiger partial charge in [-0.2, -0.15) is 0 Å². The van der Waals surface area contributed by atoms with Gasteiger partial charge in [0.2, 0.25) is 0 Å². The summed E-state index contributed by atoms with van der Waals surface area (Å²) in [6.07, 6.45) is 0.578. The van der Waals surface area contributed by atoms with Gasteiger partial charge >= 0.3 is 0 Å². The average molecular weight is 678 g/mol. The number of likely N-dealkylation sites (N-methyl/N-ethyl adjacent to an activating group) is 1. The molecule has 3 aromatic carbocycles. The molecule has 12 heteroatoms. The molecule has 2 aliphatic rings. The Kier molecular flexibility index (Phi) is 10.5. The zero-order valence-corrected chi connectivity index (χ0v) is 27.6. The molecule has 3 heterocycles. The first kappa shape index (κ1) is 33.0. The van der Waals surface area contributed by atoms with Crippen molar-refractivity contribution in [2.24, 2.45) is 4.99 Å². The first-order valence-corrected chi connectivity index (χ1v) is 17.3. The molecule has 246 valence electrons. The Labute approximate surface area is 280 Å². The largest absolute Gasteiger partial charge is 0.487 e. The maximum atomic E-state index is 13.6. The third kappa shape index (κ3) is 7.66. The molecular weight excluding hydrogens is 641 g/mol. The zero-order chi connectivity index (χ0) is 32.9. The maximum Gasteiger partial charge on any atom is 0.255 e. The number of carbonyl (C=O) groups excluding carboxylic acids is 1. The summed E-state index contributed by atoms with van der Waals surface area (Å²) in [5.74, 6) is -0.348. The highest BCUT2D eigenvalue weighted by molar-refractivity contribution is 8.15. The number of carbonyl (C=O) groups is 1. The number of piperazine rings is 1. The summed E-state index contributed by atoms with van der Waals surface area (Å²) in [7, 11) is -0.982. The van der Waals surface area contributed by atoms with Gasteiger partial charge in [0.1, 0.15) is 23.6 Å². The molecule has 4 aromatic rings. The molecule has 47 heavy (non-hydrogen) atoms. The fraction of sp³-hybridized carbons (Fsp3) is 0.314. The van der Waals surface area contributed by atoms with Gasteiger partial charge in [0, 0.05) is 44.7 Å². The maximum absolute atomic E-state index is 13.6. The fourth-order valence-corrected chi connectivity index (χ4v) is 8.15. The summed E-state index contributed by atoms with van der Waals surface area (Å²) in [5, 5.41) is 25.7. The highest BCUT2D eigenvalue weighted by Gasteiger charge is 2.35. The second kappa shape index (κ2) is 14.9. The number of halogens is 2. The van der Waals surface area contributed by atoms with Crippen molar-refractivity contribution in [3.05, 3.63) is 112 Å². The van der Waals surface area contributed by atoms with Crippen molar-refractivity contribution >= 4 is 39.0 Å². The first-order chi connectivity index (χ1) is 22.8. The number of aliphatic hydroxyl groups is 2. The number of fused-ring (bicyclic) bond motifs is 1. The van der Waals surface area contributed by atoms with Crippen LogP contribution in [0.2, 0.25) is 5.02 Å². The molecule has 3 unspecified atom stereocenters. The van der Waals surface area contributed by atoms with E-state index in [9.17, 15) is 19.4 Å². The summed E-state index contributed by atoms with van der Waals surface area (Å²) in [6, 6.07) is 21.2. The fourth-order valence-electron chi connectivity index (χ4n) is 5.75. The molecule has 6 rings (SSSR count). The lowest BCUT2D eigenvalue weighted by Crippen LogP contribution is -2.53. The van der Waals surface area contributed by atoms with Crippen molar-refractivity contribution in [3.63, 3.8) is 0 Å². The zero-order valence-electron chi connectivity index (χ0n) is 26.0. The number of hydrogen-bond acceptors (Lipinski definition) is 7. The van der Waals surface area contributed by atoms with Crippen LogP contribution in [-0.4, -0.2) is 85.1 Å². The lowest BCUT2D eigenvalue weighted by atomic mass is 10.2. The molecule has 2 N–H and O–H groups in total. The van der Waals surface area contributed by atoms with Gasteiger partial charge in [0.25, 0.3) is 5.91 Å². The lowest BCUT2D eigenvalue weighted by Gasteiger charge is -2.36. The average Bonchev–Trinajstić information content (AvgIpc) is 3.55. The summed E-state index contributed by atoms with van der Waals surface area (Å²) in [4.78, 5) is 26.7. The number of nitrogens with zero attached hydrogens (tertiary/aromatic N) is 5. The van der Waals surface area contributed by atoms with E-state index in [-0.39, 0.29) is 12.4 Å². The standard InChI is InChI=1S/C35H37ClFN5O4S/c1-2-40-14-16-41(17-15-40)33(44)31(43)35(45)47-18-13-28-32(38-23-42(34(28)47)21-24-7-4-3-5-8-24)39-27-11-12-30(29(36)20-27)46-22-25-9-6-10-26(37)19-25/h3-12,18-20,23,31,35,43,45H,2,13-17,21-22H2,1H3. The van der Waals surface area contributed by atoms with E-state index >= 15 is 0 Å². The van der Waals surface area contributed by atoms with Gasteiger partial charge in [-0.3, -0.25) is 4.79 Å². The Bertz CT molecular complexity index is 1850. The minimum atomic E-state index is -1.56. The summed E-state index contributed by atoms with van der Waals surface area (Å²) in [5.41, 5.74) is 2.23. The van der Waals surface area contributed by atoms with E-state index in [0.29, 0.717) is 53.6 Å². The Morgan fingerprint density at radius 2 is 1.81 bits per heavy atom. The normalized spacial score (nSPS) is 18.0. The third-order valence-electron chi connectivity index (χ3n) is 8.34. The van der Waals surface area contributed by atoms with Crippen LogP contribution in [0.3, 0.4) is 0 Å². The van der Waals surface area contributed by atoms with Crippen LogP contribution in [0.1, 0.15) is 23.6 Å². The molecule has 1 aromatic heterocycles. The molecule has 2 aliphatic heterocycles. The van der Waals surface area contributed by atoms with Gasteiger partial charge < -0.3 is 29.3 Å². The van der Waals surface area contributed by atoms with Crippen LogP contribution in [-0.2, 0) is 24.4 Å². The van der Waals surface area contributed by atoms with Crippen molar-refractivity contribution in [2.45, 2.75) is 43.1 Å². The SMILES string of the molecule is CCN1CCN(C(=O)C(O)C(O)S2=CCc3c2n(Cc2ccccc2)cnc3=Nc2ccc(OCc3cccc(F)c3)c(Cl)c2)CC1. The number of ether oxygens (including phenoxy) is 1. The van der Waals surface area contributed by atoms with E-state index in [0.717, 1.165) is 35.8 Å². The molecule has 9 nitrogen and oxygen atoms in total. The Morgan fingerprint density at radius 3 is 2.53 bits per heavy atom. The molecule has 1 fully saturated rings. The number of benzene rings is 3. The molecule has 0 spiro atoms. The summed E-state index contributed by atoms with van der Waals surface area (Å²) >= 11 is 6.55. The van der Waals surface area contributed by atoms with E-state index in [2.05, 4.69) is 16.8 Å². The van der Waals surface area contributed by atoms with Gasteiger partial charge in [-0.05, 0) is 53.4 Å². The van der Waals surface area contributed by atoms with Gasteiger partial charge in [-0.25, -0.2) is 14.4 Å². The highest BCUT2D eigenvalue weighted by atomic mass is 35.5. The summed E-state index contributed by atoms with van der Waals surface area (Å²) in [6.45, 7) is 6.16. The second-order valence-corrected chi connectivity index (χ2v) is 13.8. The van der Waals surface area contributed by atoms with Crippen LogP contribution >= 0.6 is 22.1 Å². The molecule has 3 atom stereocenters. The first-order valence-electron chi connectivity index (χ1n) is 15.6. The van der Waals surface area contributed by atoms with Gasteiger partial charge in [-0.1, -0.05) is 61.0 Å². The number of rotatable bonds is 10. The van der Waals surface area contributed by atoms with Crippen molar-refractivity contribution in [3.8, 4) is 5.75 Å². The number of hydrogen-bond donors (Lipinski definition) is 2. The van der Waals surface area contributed by atoms with Crippen LogP contribution in [0.15, 0.2) is 89.1 Å². The Morgan fingerprint density at radius 1 is 1.04 bits per heavy atom. The van der Waals surface area contributed by atoms with Crippen LogP contribution in [0.4, 0.5) is 10.1 Å². The Hall–Kier alpha value is -3.87. The quantitative estimate of drug-likeness (QED) is 0.191. The number of aliphatic hydroxyl groups excluding tert-OH is 2. The van der Waals surface area contributed by atoms with Crippen molar-refractivity contribution in [1.29, 1.82) is 0 Å². The molecule has 0 bridgehead atoms. The molecule has 0 aliphatic carbocycles. The van der Waals surface area contributed by atoms with Crippen molar-refractivity contribution in [2.75, 3.05) is 32.7 Å². The topological polar surface area (TPSA) is 103 Å². The number of aromatic nitrogens is 2. The smallest absolute Gasteiger partial charge is 0.255 e. The van der Waals surface area contributed by atoms with Gasteiger partial charge in [-0.15, -0.1) is 10.5 Å². The van der Waals surface area contributed by atoms with E-state index in [1.54, 1.807) is 41.6 Å². The second-order valence-electron chi connectivity index (χ2n) is 11.4. The lowest BCUT2D eigenvalue weighted by molar-refractivity contribution is -0.144. The van der Waals surface area contributed by atoms with E-state index in [1.807, 2.05) is 40.3 Å². The molecule has 0 radical (unpaired) electrons. The predicted octanol–water partition coefficient (Wildman–Crippen LogP) is 4.36. The van der Waals surface area contributed by atoms with E-state index in [1.165, 1.54) is 12.1 Å². The van der Waals surface area contributed by atoms with E-state index in [4.69, 9.17) is 21.3 Å². The Balaban J connectivity index is 1.28. The minimum Gasteiger partial charge on any atom is -0.487 e. The molecule has 1 saturated heterocycles. The van der Waals surface area contributed by atoms with E-state index < -0.39 is 27.9 Å². The third-order valence-corrected chi connectivity index (χ3v) is 10.9. The van der Waals surface area contributed by atoms with Crippen molar-refractivity contribution < 1.29 is 24.1 Å². The molecule has 0 saturated carbocycles. The monoisotopic (exact) mass is 677 g/mol. The summed E-state index contributed by atoms with van der Waals surface area (Å²) < 4.78 is 21.3. The molecular formula is C35H37ClFN5O4S. The van der Waals surface area contributed by atoms with Gasteiger partial charge in [0.15, 0.2) is 11.6 Å². The van der Waals surface area contributed by atoms with Gasteiger partial charge in [0.05, 0.1) is 22.1 Å².